The van der Waals surface area contributed by atoms with Crippen molar-refractivity contribution in [2.24, 2.45) is 0 Å². The Kier molecular flexibility index (Phi) is 6.07. The van der Waals surface area contributed by atoms with Crippen LogP contribution in [0.5, 0.6) is 11.5 Å². The van der Waals surface area contributed by atoms with Gasteiger partial charge in [-0.25, -0.2) is 0 Å². The molecule has 2 heterocycles. The Balaban J connectivity index is 1.57. The summed E-state index contributed by atoms with van der Waals surface area (Å²) in [5, 5.41) is 2.19. The van der Waals surface area contributed by atoms with E-state index in [1.807, 2.05) is 11.3 Å². The number of benzene rings is 4. The molecule has 1 unspecified atom stereocenters. The summed E-state index contributed by atoms with van der Waals surface area (Å²) in [5.74, 6) is 1.53. The molecule has 1 aromatic heterocycles. The second kappa shape index (κ2) is 9.88. The van der Waals surface area contributed by atoms with Crippen LogP contribution in [0.25, 0.3) is 22.3 Å². The molecule has 1 atom stereocenters. The van der Waals surface area contributed by atoms with Crippen molar-refractivity contribution < 1.29 is 9.47 Å². The fourth-order valence-corrected chi connectivity index (χ4v) is 7.12. The summed E-state index contributed by atoms with van der Waals surface area (Å²) in [6.07, 6.45) is 0. The van der Waals surface area contributed by atoms with Gasteiger partial charge in [-0.05, 0) is 73.7 Å². The highest BCUT2D eigenvalue weighted by atomic mass is 32.1. The van der Waals surface area contributed by atoms with E-state index in [0.29, 0.717) is 0 Å². The molecular formula is C35H29NO2S. The number of methoxy groups -OCH3 is 2. The number of nitrogens with zero attached hydrogens (tertiary/aromatic N) is 1. The zero-order valence-corrected chi connectivity index (χ0v) is 22.9. The van der Waals surface area contributed by atoms with Crippen molar-refractivity contribution in [3.63, 3.8) is 0 Å². The average Bonchev–Trinajstić information content (AvgIpc) is 3.63. The first-order valence-corrected chi connectivity index (χ1v) is 14.1. The lowest BCUT2D eigenvalue weighted by Crippen LogP contribution is -2.33. The molecule has 0 N–H and O–H groups in total. The molecule has 4 aromatic carbocycles. The maximum Gasteiger partial charge on any atom is 0.161 e. The predicted molar refractivity (Wildman–Crippen MR) is 160 cm³/mol. The second-order valence-corrected chi connectivity index (χ2v) is 11.0. The Morgan fingerprint density at radius 2 is 1.31 bits per heavy atom. The molecule has 0 saturated carbocycles. The van der Waals surface area contributed by atoms with Crippen LogP contribution in [-0.2, 0) is 13.1 Å². The van der Waals surface area contributed by atoms with Crippen molar-refractivity contribution in [1.82, 2.24) is 4.90 Å². The summed E-state index contributed by atoms with van der Waals surface area (Å²) in [7, 11) is 3.44. The number of thiophene rings is 1. The topological polar surface area (TPSA) is 21.7 Å². The van der Waals surface area contributed by atoms with Crippen molar-refractivity contribution in [2.75, 3.05) is 14.2 Å². The zero-order chi connectivity index (χ0) is 26.3. The maximum absolute atomic E-state index is 5.84. The van der Waals surface area contributed by atoms with Crippen LogP contribution in [-0.4, -0.2) is 19.1 Å². The lowest BCUT2D eigenvalue weighted by Gasteiger charge is -2.40. The van der Waals surface area contributed by atoms with Gasteiger partial charge in [-0.15, -0.1) is 11.3 Å². The molecule has 39 heavy (non-hydrogen) atoms. The SMILES string of the molecule is COc1cc2c(cc1OC)C(=C1c3ccccc3-c3ccccc31)C(c1cccs1)N(Cc1ccccc1)C2. The summed E-state index contributed by atoms with van der Waals surface area (Å²) in [4.78, 5) is 3.96. The van der Waals surface area contributed by atoms with E-state index < -0.39 is 0 Å². The Labute approximate surface area is 233 Å². The first-order valence-electron chi connectivity index (χ1n) is 13.3. The van der Waals surface area contributed by atoms with E-state index in [1.165, 1.54) is 55.0 Å². The minimum absolute atomic E-state index is 0.0880. The molecule has 0 fully saturated rings. The minimum Gasteiger partial charge on any atom is -0.493 e. The van der Waals surface area contributed by atoms with Crippen LogP contribution < -0.4 is 9.47 Å². The summed E-state index contributed by atoms with van der Waals surface area (Å²) in [6.45, 7) is 1.66. The van der Waals surface area contributed by atoms with Gasteiger partial charge in [0.1, 0.15) is 0 Å². The third kappa shape index (κ3) is 3.99. The first-order chi connectivity index (χ1) is 19.3. The third-order valence-corrected chi connectivity index (χ3v) is 8.83. The lowest BCUT2D eigenvalue weighted by molar-refractivity contribution is 0.213. The standard InChI is InChI=1S/C35H29NO2S/c1-37-30-19-24-22-36(21-23-11-4-3-5-12-23)35(32-17-10-18-39-32)34(29(24)20-31(30)38-2)33-27-15-8-6-13-25(27)26-14-7-9-16-28(26)33/h3-20,35H,21-22H2,1-2H3. The number of rotatable bonds is 5. The second-order valence-electron chi connectivity index (χ2n) is 10.1. The van der Waals surface area contributed by atoms with Crippen molar-refractivity contribution in [2.45, 2.75) is 19.1 Å². The smallest absolute Gasteiger partial charge is 0.161 e. The van der Waals surface area contributed by atoms with E-state index in [9.17, 15) is 0 Å². The van der Waals surface area contributed by atoms with Crippen LogP contribution in [0, 0.1) is 0 Å². The summed E-state index contributed by atoms with van der Waals surface area (Å²) in [5.41, 5.74) is 11.6. The Morgan fingerprint density at radius 1 is 0.692 bits per heavy atom. The van der Waals surface area contributed by atoms with Crippen LogP contribution in [0.3, 0.4) is 0 Å². The van der Waals surface area contributed by atoms with Gasteiger partial charge in [0.2, 0.25) is 0 Å². The monoisotopic (exact) mass is 527 g/mol. The molecule has 1 aliphatic carbocycles. The number of hydrogen-bond donors (Lipinski definition) is 0. The van der Waals surface area contributed by atoms with Gasteiger partial charge in [-0.1, -0.05) is 84.9 Å². The molecule has 7 rings (SSSR count). The summed E-state index contributed by atoms with van der Waals surface area (Å²) < 4.78 is 11.6. The van der Waals surface area contributed by atoms with E-state index in [-0.39, 0.29) is 6.04 Å². The van der Waals surface area contributed by atoms with Crippen LogP contribution in [0.4, 0.5) is 0 Å². The number of fused-ring (bicyclic) bond motifs is 4. The van der Waals surface area contributed by atoms with Crippen molar-refractivity contribution >= 4 is 22.5 Å². The molecule has 1 aliphatic heterocycles. The molecule has 3 nitrogen and oxygen atoms in total. The summed E-state index contributed by atoms with van der Waals surface area (Å²) in [6, 6.07) is 37.4. The normalized spacial score (nSPS) is 16.0. The molecule has 0 radical (unpaired) electrons. The molecule has 4 heteroatoms. The average molecular weight is 528 g/mol. The highest BCUT2D eigenvalue weighted by Gasteiger charge is 2.38. The molecule has 0 bridgehead atoms. The highest BCUT2D eigenvalue weighted by molar-refractivity contribution is 7.10. The van der Waals surface area contributed by atoms with Gasteiger partial charge in [0.25, 0.3) is 0 Å². The quantitative estimate of drug-likeness (QED) is 0.224. The van der Waals surface area contributed by atoms with E-state index in [1.54, 1.807) is 14.2 Å². The van der Waals surface area contributed by atoms with Gasteiger partial charge >= 0.3 is 0 Å². The van der Waals surface area contributed by atoms with Gasteiger partial charge in [-0.2, -0.15) is 0 Å². The minimum atomic E-state index is 0.0880. The van der Waals surface area contributed by atoms with Crippen LogP contribution in [0.15, 0.2) is 109 Å². The van der Waals surface area contributed by atoms with Crippen molar-refractivity contribution in [3.05, 3.63) is 141 Å². The van der Waals surface area contributed by atoms with Gasteiger partial charge in [0.15, 0.2) is 11.5 Å². The highest BCUT2D eigenvalue weighted by Crippen LogP contribution is 2.55. The first kappa shape index (κ1) is 24.0. The van der Waals surface area contributed by atoms with Crippen molar-refractivity contribution in [3.8, 4) is 22.6 Å². The van der Waals surface area contributed by atoms with Gasteiger partial charge in [-0.3, -0.25) is 4.90 Å². The van der Waals surface area contributed by atoms with Crippen LogP contribution in [0.1, 0.15) is 38.7 Å². The molecule has 5 aromatic rings. The van der Waals surface area contributed by atoms with E-state index >= 15 is 0 Å². The van der Waals surface area contributed by atoms with Gasteiger partial charge in [0.05, 0.1) is 20.3 Å². The Bertz CT molecular complexity index is 1640. The zero-order valence-electron chi connectivity index (χ0n) is 22.1. The largest absolute Gasteiger partial charge is 0.493 e. The predicted octanol–water partition coefficient (Wildman–Crippen LogP) is 8.46. The van der Waals surface area contributed by atoms with E-state index in [4.69, 9.17) is 9.47 Å². The molecule has 0 saturated heterocycles. The maximum atomic E-state index is 5.84. The summed E-state index contributed by atoms with van der Waals surface area (Å²) >= 11 is 1.83. The van der Waals surface area contributed by atoms with Crippen molar-refractivity contribution in [1.29, 1.82) is 0 Å². The Hall–Kier alpha value is -4.12. The molecule has 192 valence electrons. The van der Waals surface area contributed by atoms with E-state index in [0.717, 1.165) is 24.6 Å². The van der Waals surface area contributed by atoms with Gasteiger partial charge < -0.3 is 9.47 Å². The fourth-order valence-electron chi connectivity index (χ4n) is 6.26. The van der Waals surface area contributed by atoms with Crippen LogP contribution in [0.2, 0.25) is 0 Å². The fraction of sp³-hybridized carbons (Fsp3) is 0.143. The molecule has 0 amide bonds. The van der Waals surface area contributed by atoms with Gasteiger partial charge in [0, 0.05) is 18.0 Å². The Morgan fingerprint density at radius 3 is 1.92 bits per heavy atom. The molecular weight excluding hydrogens is 498 g/mol. The van der Waals surface area contributed by atoms with E-state index in [2.05, 4.69) is 113 Å². The number of hydrogen-bond acceptors (Lipinski definition) is 4. The van der Waals surface area contributed by atoms with Crippen LogP contribution >= 0.6 is 11.3 Å². The lowest BCUT2D eigenvalue weighted by atomic mass is 9.81. The number of ether oxygens (including phenoxy) is 2. The molecule has 2 aliphatic rings. The third-order valence-electron chi connectivity index (χ3n) is 7.91. The molecule has 0 spiro atoms.